The number of carbonyl (C=O) groups is 1. The molecule has 1 unspecified atom stereocenters. The maximum Gasteiger partial charge on any atom is 0.167 e. The van der Waals surface area contributed by atoms with Crippen molar-refractivity contribution in [2.24, 2.45) is 16.2 Å². The first kappa shape index (κ1) is 10.3. The zero-order chi connectivity index (χ0) is 10.3. The molecule has 1 heterocycles. The lowest BCUT2D eigenvalue weighted by Gasteiger charge is -1.99. The van der Waals surface area contributed by atoms with Gasteiger partial charge in [0.15, 0.2) is 5.78 Å². The van der Waals surface area contributed by atoms with Crippen LogP contribution in [0, 0.1) is 0 Å². The largest absolute Gasteiger partial charge is 0.305 e. The second-order valence-corrected chi connectivity index (χ2v) is 6.47. The van der Waals surface area contributed by atoms with Crippen LogP contribution in [0.4, 0.5) is 0 Å². The molecule has 0 saturated heterocycles. The number of ketones is 1. The molecular weight excluding hydrogens is 334 g/mol. The fourth-order valence-electron chi connectivity index (χ4n) is 1.51. The van der Waals surface area contributed by atoms with Gasteiger partial charge in [0, 0.05) is 17.5 Å². The van der Waals surface area contributed by atoms with Crippen LogP contribution >= 0.6 is 43.2 Å². The monoisotopic (exact) mass is 337 g/mol. The molecule has 0 bridgehead atoms. The maximum atomic E-state index is 11.6. The summed E-state index contributed by atoms with van der Waals surface area (Å²) in [6.45, 7) is 0. The van der Waals surface area contributed by atoms with Crippen LogP contribution in [0.25, 0.3) is 0 Å². The Bertz CT molecular complexity index is 429. The van der Waals surface area contributed by atoms with Gasteiger partial charge < -0.3 is 5.84 Å². The first-order chi connectivity index (χ1) is 6.65. The summed E-state index contributed by atoms with van der Waals surface area (Å²) in [4.78, 5) is 11.6. The topological polar surface area (TPSA) is 67.8 Å². The number of hydrogen-bond acceptors (Lipinski definition) is 4. The smallest absolute Gasteiger partial charge is 0.167 e. The van der Waals surface area contributed by atoms with Crippen molar-refractivity contribution in [3.63, 3.8) is 0 Å². The highest BCUT2D eigenvalue weighted by molar-refractivity contribution is 9.12. The molecular formula is C7H5Br2N3OS. The molecule has 1 atom stereocenters. The minimum absolute atomic E-state index is 0.0891. The summed E-state index contributed by atoms with van der Waals surface area (Å²) in [5.74, 6) is 5.08. The molecule has 0 radical (unpaired) electrons. The Morgan fingerprint density at radius 2 is 2.14 bits per heavy atom. The normalized spacial score (nSPS) is 20.7. The van der Waals surface area contributed by atoms with Crippen LogP contribution in [0.1, 0.15) is 28.4 Å². The van der Waals surface area contributed by atoms with E-state index in [1.165, 1.54) is 11.3 Å². The number of nitrogens with zero attached hydrogens (tertiary/aromatic N) is 2. The van der Waals surface area contributed by atoms with E-state index in [1.807, 2.05) is 0 Å². The predicted molar refractivity (Wildman–Crippen MR) is 60.5 cm³/mol. The Balaban J connectivity index is 2.57. The number of halogens is 2. The molecule has 4 nitrogen and oxygen atoms in total. The van der Waals surface area contributed by atoms with Gasteiger partial charge in [0.25, 0.3) is 0 Å². The van der Waals surface area contributed by atoms with Crippen LogP contribution in [0.3, 0.4) is 0 Å². The van der Waals surface area contributed by atoms with Crippen LogP contribution in [-0.4, -0.2) is 5.78 Å². The maximum absolute atomic E-state index is 11.6. The van der Waals surface area contributed by atoms with Crippen LogP contribution in [0.15, 0.2) is 17.9 Å². The zero-order valence-electron chi connectivity index (χ0n) is 6.83. The van der Waals surface area contributed by atoms with Gasteiger partial charge in [0.2, 0.25) is 0 Å². The van der Waals surface area contributed by atoms with Gasteiger partial charge in [-0.15, -0.1) is 11.3 Å². The van der Waals surface area contributed by atoms with Crippen molar-refractivity contribution in [1.29, 1.82) is 0 Å². The van der Waals surface area contributed by atoms with Crippen LogP contribution in [0.2, 0.25) is 0 Å². The average Bonchev–Trinajstić information content (AvgIpc) is 2.56. The summed E-state index contributed by atoms with van der Waals surface area (Å²) >= 11 is 8.23. The fraction of sp³-hybridized carbons (Fsp3) is 0.286. The van der Waals surface area contributed by atoms with E-state index in [1.54, 1.807) is 0 Å². The van der Waals surface area contributed by atoms with E-state index >= 15 is 0 Å². The van der Waals surface area contributed by atoms with Gasteiger partial charge in [-0.2, -0.15) is 5.11 Å². The van der Waals surface area contributed by atoms with Crippen LogP contribution in [-0.2, 0) is 0 Å². The van der Waals surface area contributed by atoms with E-state index in [0.717, 1.165) is 18.7 Å². The molecule has 0 spiro atoms. The van der Waals surface area contributed by atoms with Crippen LogP contribution < -0.4 is 5.84 Å². The third-order valence-electron chi connectivity index (χ3n) is 2.05. The highest BCUT2D eigenvalue weighted by Crippen LogP contribution is 2.47. The summed E-state index contributed by atoms with van der Waals surface area (Å²) in [6.07, 6.45) is 0.357. The van der Waals surface area contributed by atoms with Crippen molar-refractivity contribution in [2.75, 3.05) is 0 Å². The second-order valence-electron chi connectivity index (χ2n) is 2.81. The Morgan fingerprint density at radius 1 is 1.43 bits per heavy atom. The van der Waals surface area contributed by atoms with Gasteiger partial charge in [0.05, 0.1) is 7.57 Å². The van der Waals surface area contributed by atoms with Crippen molar-refractivity contribution >= 4 is 49.0 Å². The summed E-state index contributed by atoms with van der Waals surface area (Å²) in [5, 5.41) is 7.07. The molecule has 0 saturated carbocycles. The van der Waals surface area contributed by atoms with Crippen molar-refractivity contribution in [1.82, 2.24) is 0 Å². The molecule has 0 fully saturated rings. The minimum Gasteiger partial charge on any atom is -0.305 e. The highest BCUT2D eigenvalue weighted by Gasteiger charge is 2.35. The molecule has 1 aliphatic rings. The van der Waals surface area contributed by atoms with Gasteiger partial charge in [-0.1, -0.05) is 5.22 Å². The first-order valence-corrected chi connectivity index (χ1v) is 6.16. The van der Waals surface area contributed by atoms with Crippen molar-refractivity contribution < 1.29 is 4.79 Å². The van der Waals surface area contributed by atoms with Gasteiger partial charge in [-0.3, -0.25) is 4.79 Å². The molecule has 14 heavy (non-hydrogen) atoms. The lowest BCUT2D eigenvalue weighted by atomic mass is 10.2. The minimum atomic E-state index is -0.223. The lowest BCUT2D eigenvalue weighted by Crippen LogP contribution is -1.92. The van der Waals surface area contributed by atoms with Crippen molar-refractivity contribution in [2.45, 2.75) is 12.5 Å². The van der Waals surface area contributed by atoms with E-state index in [0.29, 0.717) is 6.42 Å². The molecule has 2 rings (SSSR count). The quantitative estimate of drug-likeness (QED) is 0.485. The Morgan fingerprint density at radius 3 is 2.79 bits per heavy atom. The number of fused-ring (bicyclic) bond motifs is 1. The summed E-state index contributed by atoms with van der Waals surface area (Å²) in [7, 11) is 0. The zero-order valence-corrected chi connectivity index (χ0v) is 10.8. The van der Waals surface area contributed by atoms with E-state index in [-0.39, 0.29) is 11.8 Å². The molecule has 0 aromatic carbocycles. The molecule has 1 aromatic heterocycles. The van der Waals surface area contributed by atoms with Gasteiger partial charge in [-0.25, -0.2) is 0 Å². The van der Waals surface area contributed by atoms with Gasteiger partial charge in [0.1, 0.15) is 6.04 Å². The van der Waals surface area contributed by atoms with Gasteiger partial charge >= 0.3 is 0 Å². The molecule has 1 aliphatic carbocycles. The number of Topliss-reactive ketones (excluding diaryl/α,β-unsaturated/α-hetero) is 1. The molecule has 1 aromatic rings. The van der Waals surface area contributed by atoms with Crippen molar-refractivity contribution in [3.8, 4) is 0 Å². The Kier molecular flexibility index (Phi) is 2.72. The van der Waals surface area contributed by atoms with E-state index in [2.05, 4.69) is 42.2 Å². The molecule has 2 N–H and O–H groups in total. The Hall–Kier alpha value is -0.270. The number of rotatable bonds is 1. The number of hydrogen-bond donors (Lipinski definition) is 1. The molecule has 7 heteroatoms. The van der Waals surface area contributed by atoms with E-state index in [9.17, 15) is 4.79 Å². The summed E-state index contributed by atoms with van der Waals surface area (Å²) in [6, 6.07) is -0.223. The summed E-state index contributed by atoms with van der Waals surface area (Å²) < 4.78 is 1.77. The van der Waals surface area contributed by atoms with Gasteiger partial charge in [-0.05, 0) is 31.9 Å². The molecule has 0 amide bonds. The highest BCUT2D eigenvalue weighted by atomic mass is 79.9. The second kappa shape index (κ2) is 3.71. The third kappa shape index (κ3) is 1.43. The predicted octanol–water partition coefficient (Wildman–Crippen LogP) is 3.23. The standard InChI is InChI=1S/C7H5Br2N3OS/c8-6-4-2(11-12-10)1-3(13)5(4)7(9)14-6/h2H,1H2,(H2,10,11). The molecule has 0 aliphatic heterocycles. The number of thiophene rings is 1. The Labute approximate surface area is 101 Å². The summed E-state index contributed by atoms with van der Waals surface area (Å²) in [5.41, 5.74) is 1.63. The van der Waals surface area contributed by atoms with E-state index < -0.39 is 0 Å². The van der Waals surface area contributed by atoms with E-state index in [4.69, 9.17) is 5.84 Å². The first-order valence-electron chi connectivity index (χ1n) is 3.76. The third-order valence-corrected chi connectivity index (χ3v) is 4.63. The molecule has 74 valence electrons. The van der Waals surface area contributed by atoms with Crippen LogP contribution in [0.5, 0.6) is 0 Å². The fourth-order valence-corrected chi connectivity index (χ4v) is 4.86. The average molecular weight is 339 g/mol. The van der Waals surface area contributed by atoms with Crippen molar-refractivity contribution in [3.05, 3.63) is 18.7 Å². The number of nitrogens with two attached hydrogens (primary N) is 1. The lowest BCUT2D eigenvalue weighted by molar-refractivity contribution is 0.0988. The SMILES string of the molecule is NN=NC1CC(=O)c2c(Br)sc(Br)c21. The number of carbonyl (C=O) groups excluding carboxylic acids is 1.